The molecule has 0 spiro atoms. The van der Waals surface area contributed by atoms with Crippen molar-refractivity contribution in [2.24, 2.45) is 9.50 Å². The van der Waals surface area contributed by atoms with Crippen LogP contribution in [0.2, 0.25) is 0 Å². The number of nitrogens with zero attached hydrogens (tertiary/aromatic N) is 3. The molecule has 9 heteroatoms. The van der Waals surface area contributed by atoms with Crippen molar-refractivity contribution in [3.63, 3.8) is 0 Å². The Morgan fingerprint density at radius 3 is 2.60 bits per heavy atom. The number of fused-ring (bicyclic) bond motifs is 1. The van der Waals surface area contributed by atoms with Crippen LogP contribution in [0, 0.1) is 5.82 Å². The lowest BCUT2D eigenvalue weighted by atomic mass is 9.82. The highest BCUT2D eigenvalue weighted by molar-refractivity contribution is 7.91. The summed E-state index contributed by atoms with van der Waals surface area (Å²) in [6.07, 6.45) is 1.04. The van der Waals surface area contributed by atoms with Gasteiger partial charge >= 0.3 is 0 Å². The molecule has 1 aliphatic rings. The molecule has 0 saturated carbocycles. The molecule has 0 aliphatic carbocycles. The van der Waals surface area contributed by atoms with Gasteiger partial charge in [0.25, 0.3) is 5.91 Å². The Labute approximate surface area is 177 Å². The van der Waals surface area contributed by atoms with Crippen molar-refractivity contribution >= 4 is 15.8 Å². The summed E-state index contributed by atoms with van der Waals surface area (Å²) in [6.45, 7) is 11.5. The standard InChI is InChI=1S/C21H29FN4O3S/c1-6-26-9-18(22)21(24-26)30(23,28)25-19(27)8-16-15(12(2)3)7-14-10-29-11-17(14)20(16)13(4)5/h7,9,12-13H,6,8,10-11H2,1-5H3,(H2,23,25,27,28). The molecule has 2 N–H and O–H groups in total. The smallest absolute Gasteiger partial charge is 0.259 e. The van der Waals surface area contributed by atoms with Gasteiger partial charge < -0.3 is 4.74 Å². The Kier molecular flexibility index (Phi) is 6.45. The zero-order valence-electron chi connectivity index (χ0n) is 18.1. The van der Waals surface area contributed by atoms with Crippen molar-refractivity contribution in [3.05, 3.63) is 45.9 Å². The molecule has 2 aromatic rings. The second-order valence-electron chi connectivity index (χ2n) is 8.17. The summed E-state index contributed by atoms with van der Waals surface area (Å²) in [5.74, 6) is -1.14. The van der Waals surface area contributed by atoms with Crippen LogP contribution in [-0.2, 0) is 45.6 Å². The average Bonchev–Trinajstić information content (AvgIpc) is 3.26. The number of amides is 1. The zero-order valence-corrected chi connectivity index (χ0v) is 18.9. The van der Waals surface area contributed by atoms with Crippen LogP contribution in [0.15, 0.2) is 21.7 Å². The minimum absolute atomic E-state index is 0.0569. The number of nitrogens with two attached hydrogens (primary N) is 1. The van der Waals surface area contributed by atoms with Crippen LogP contribution in [-0.4, -0.2) is 19.9 Å². The number of rotatable bonds is 6. The van der Waals surface area contributed by atoms with Gasteiger partial charge in [-0.05, 0) is 46.6 Å². The first-order valence-electron chi connectivity index (χ1n) is 10.1. The third-order valence-corrected chi connectivity index (χ3v) is 6.58. The lowest BCUT2D eigenvalue weighted by molar-refractivity contribution is -0.117. The Hall–Kier alpha value is -2.10. The predicted octanol–water partition coefficient (Wildman–Crippen LogP) is 3.79. The van der Waals surface area contributed by atoms with Crippen molar-refractivity contribution < 1.29 is 18.1 Å². The van der Waals surface area contributed by atoms with Gasteiger partial charge in [-0.3, -0.25) is 9.48 Å². The number of ether oxygens (including phenoxy) is 1. The van der Waals surface area contributed by atoms with Gasteiger partial charge in [-0.25, -0.2) is 13.7 Å². The van der Waals surface area contributed by atoms with E-state index in [9.17, 15) is 13.4 Å². The fraction of sp³-hybridized carbons (Fsp3) is 0.524. The molecule has 1 aromatic heterocycles. The summed E-state index contributed by atoms with van der Waals surface area (Å²) < 4.78 is 37.6. The third-order valence-electron chi connectivity index (χ3n) is 5.27. The van der Waals surface area contributed by atoms with Crippen LogP contribution in [0.4, 0.5) is 4.39 Å². The summed E-state index contributed by atoms with van der Waals surface area (Å²) >= 11 is 0. The fourth-order valence-electron chi connectivity index (χ4n) is 3.96. The van der Waals surface area contributed by atoms with Crippen LogP contribution in [0.3, 0.4) is 0 Å². The van der Waals surface area contributed by atoms with Crippen LogP contribution in [0.25, 0.3) is 0 Å². The number of aryl methyl sites for hydroxylation is 1. The lowest BCUT2D eigenvalue weighted by Gasteiger charge is -2.22. The number of aromatic nitrogens is 2. The number of benzene rings is 1. The predicted molar refractivity (Wildman–Crippen MR) is 113 cm³/mol. The first-order chi connectivity index (χ1) is 14.0. The number of halogens is 1. The first kappa shape index (κ1) is 22.6. The van der Waals surface area contributed by atoms with Crippen molar-refractivity contribution in [2.45, 2.75) is 77.7 Å². The molecular formula is C21H29FN4O3S. The van der Waals surface area contributed by atoms with E-state index >= 15 is 0 Å². The van der Waals surface area contributed by atoms with E-state index in [2.05, 4.69) is 43.2 Å². The van der Waals surface area contributed by atoms with Crippen molar-refractivity contribution in [3.8, 4) is 0 Å². The highest BCUT2D eigenvalue weighted by Crippen LogP contribution is 2.37. The van der Waals surface area contributed by atoms with Gasteiger partial charge in [-0.1, -0.05) is 33.8 Å². The molecule has 0 fully saturated rings. The third kappa shape index (κ3) is 4.33. The van der Waals surface area contributed by atoms with E-state index in [4.69, 9.17) is 9.88 Å². The van der Waals surface area contributed by atoms with Crippen molar-refractivity contribution in [2.75, 3.05) is 0 Å². The van der Waals surface area contributed by atoms with Crippen molar-refractivity contribution in [1.82, 2.24) is 9.78 Å². The molecule has 30 heavy (non-hydrogen) atoms. The SMILES string of the molecule is CCn1cc(F)c(S(N)(=O)=NC(=O)Cc2c(C(C)C)cc3c(c2C(C)C)COC3)n1. The first-order valence-corrected chi connectivity index (χ1v) is 11.7. The van der Waals surface area contributed by atoms with E-state index < -0.39 is 26.7 Å². The van der Waals surface area contributed by atoms with Gasteiger partial charge in [-0.2, -0.15) is 5.10 Å². The van der Waals surface area contributed by atoms with Crippen LogP contribution >= 0.6 is 0 Å². The van der Waals surface area contributed by atoms with Crippen LogP contribution in [0.1, 0.15) is 74.3 Å². The molecule has 1 aromatic carbocycles. The minimum Gasteiger partial charge on any atom is -0.372 e. The molecule has 0 saturated heterocycles. The zero-order chi connectivity index (χ0) is 22.2. The van der Waals surface area contributed by atoms with E-state index in [0.717, 1.165) is 34.0 Å². The van der Waals surface area contributed by atoms with E-state index in [1.165, 1.54) is 4.68 Å². The molecule has 0 radical (unpaired) electrons. The Morgan fingerprint density at radius 2 is 2.03 bits per heavy atom. The van der Waals surface area contributed by atoms with Gasteiger partial charge in [-0.15, -0.1) is 4.36 Å². The molecule has 0 bridgehead atoms. The minimum atomic E-state index is -3.78. The van der Waals surface area contributed by atoms with Gasteiger partial charge in [0.15, 0.2) is 15.7 Å². The number of carbonyl (C=O) groups excluding carboxylic acids is 1. The average molecular weight is 437 g/mol. The summed E-state index contributed by atoms with van der Waals surface area (Å²) in [5.41, 5.74) is 5.23. The second kappa shape index (κ2) is 8.56. The Morgan fingerprint density at radius 1 is 1.33 bits per heavy atom. The summed E-state index contributed by atoms with van der Waals surface area (Å²) in [5, 5.41) is 9.14. The second-order valence-corrected chi connectivity index (χ2v) is 9.87. The molecule has 1 aliphatic heterocycles. The van der Waals surface area contributed by atoms with E-state index in [1.54, 1.807) is 6.92 Å². The maximum Gasteiger partial charge on any atom is 0.259 e. The molecule has 2 heterocycles. The monoisotopic (exact) mass is 436 g/mol. The molecule has 164 valence electrons. The molecule has 1 unspecified atom stereocenters. The Balaban J connectivity index is 2.05. The number of hydrogen-bond acceptors (Lipinski definition) is 4. The van der Waals surface area contributed by atoms with Crippen LogP contribution < -0.4 is 5.14 Å². The summed E-state index contributed by atoms with van der Waals surface area (Å²) in [7, 11) is -3.78. The summed E-state index contributed by atoms with van der Waals surface area (Å²) in [6, 6.07) is 2.09. The maximum absolute atomic E-state index is 14.1. The molecule has 7 nitrogen and oxygen atoms in total. The van der Waals surface area contributed by atoms with E-state index in [1.807, 2.05) is 0 Å². The van der Waals surface area contributed by atoms with E-state index in [0.29, 0.717) is 19.8 Å². The topological polar surface area (TPSA) is 99.6 Å². The molecule has 3 rings (SSSR count). The molecular weight excluding hydrogens is 407 g/mol. The van der Waals surface area contributed by atoms with Gasteiger partial charge in [0.1, 0.15) is 0 Å². The van der Waals surface area contributed by atoms with E-state index in [-0.39, 0.29) is 18.3 Å². The highest BCUT2D eigenvalue weighted by Gasteiger charge is 2.26. The quantitative estimate of drug-likeness (QED) is 0.745. The van der Waals surface area contributed by atoms with Gasteiger partial charge in [0.05, 0.1) is 25.8 Å². The number of hydrogen-bond donors (Lipinski definition) is 1. The normalized spacial score (nSPS) is 15.5. The highest BCUT2D eigenvalue weighted by atomic mass is 32.2. The maximum atomic E-state index is 14.1. The van der Waals surface area contributed by atoms with Crippen molar-refractivity contribution in [1.29, 1.82) is 0 Å². The fourth-order valence-corrected chi connectivity index (χ4v) is 4.97. The number of carbonyl (C=O) groups is 1. The Bertz CT molecular complexity index is 1100. The molecule has 1 amide bonds. The van der Waals surface area contributed by atoms with Gasteiger partial charge in [0.2, 0.25) is 5.03 Å². The largest absolute Gasteiger partial charge is 0.372 e. The van der Waals surface area contributed by atoms with Gasteiger partial charge in [0, 0.05) is 6.54 Å². The molecule has 1 atom stereocenters. The lowest BCUT2D eigenvalue weighted by Crippen LogP contribution is -2.19. The summed E-state index contributed by atoms with van der Waals surface area (Å²) in [4.78, 5) is 12.8. The van der Waals surface area contributed by atoms with Crippen LogP contribution in [0.5, 0.6) is 0 Å².